The van der Waals surface area contributed by atoms with Crippen LogP contribution in [-0.4, -0.2) is 30.8 Å². The zero-order valence-corrected chi connectivity index (χ0v) is 18.8. The molecule has 156 valence electrons. The molecular weight excluding hydrogens is 460 g/mol. The van der Waals surface area contributed by atoms with Crippen molar-refractivity contribution < 1.29 is 9.32 Å². The normalized spacial score (nSPS) is 14.5. The third-order valence-electron chi connectivity index (χ3n) is 5.58. The van der Waals surface area contributed by atoms with E-state index < -0.39 is 5.41 Å². The van der Waals surface area contributed by atoms with Crippen molar-refractivity contribution in [3.05, 3.63) is 64.0 Å². The first kappa shape index (κ1) is 19.6. The number of hydrogen-bond acceptors (Lipinski definition) is 6. The van der Waals surface area contributed by atoms with E-state index in [-0.39, 0.29) is 5.91 Å². The third kappa shape index (κ3) is 3.25. The number of carbonyl (C=O) groups excluding carboxylic acids is 1. The summed E-state index contributed by atoms with van der Waals surface area (Å²) in [5.41, 5.74) is 4.40. The monoisotopic (exact) mass is 478 g/mol. The Morgan fingerprint density at radius 3 is 2.71 bits per heavy atom. The Kier molecular flexibility index (Phi) is 4.51. The quantitative estimate of drug-likeness (QED) is 0.437. The highest BCUT2D eigenvalue weighted by Crippen LogP contribution is 2.41. The smallest absolute Gasteiger partial charge is 0.235 e. The lowest BCUT2D eigenvalue weighted by Gasteiger charge is -2.15. The lowest BCUT2D eigenvalue weighted by molar-refractivity contribution is -0.119. The molecule has 0 fully saturated rings. The SMILES string of the molecule is Cc1ccccc1Cn1nc(-c2nc(Br)c3c(n2)NC(=O)C3(C)C)cc1-c1ccon1. The molecule has 0 bridgehead atoms. The van der Waals surface area contributed by atoms with Crippen molar-refractivity contribution in [3.8, 4) is 22.9 Å². The molecule has 0 aliphatic carbocycles. The van der Waals surface area contributed by atoms with E-state index in [4.69, 9.17) is 9.62 Å². The zero-order chi connectivity index (χ0) is 21.8. The number of hydrogen-bond donors (Lipinski definition) is 1. The summed E-state index contributed by atoms with van der Waals surface area (Å²) in [4.78, 5) is 21.6. The highest BCUT2D eigenvalue weighted by molar-refractivity contribution is 9.10. The van der Waals surface area contributed by atoms with Crippen LogP contribution in [-0.2, 0) is 16.8 Å². The molecule has 0 saturated heterocycles. The number of aryl methyl sites for hydroxylation is 1. The van der Waals surface area contributed by atoms with Gasteiger partial charge in [0.25, 0.3) is 0 Å². The van der Waals surface area contributed by atoms with Crippen LogP contribution in [0.15, 0.2) is 51.8 Å². The van der Waals surface area contributed by atoms with Gasteiger partial charge >= 0.3 is 0 Å². The van der Waals surface area contributed by atoms with E-state index in [1.165, 1.54) is 11.8 Å². The molecule has 0 spiro atoms. The number of rotatable bonds is 4. The first-order valence-corrected chi connectivity index (χ1v) is 10.6. The first-order valence-electron chi connectivity index (χ1n) is 9.77. The van der Waals surface area contributed by atoms with Crippen LogP contribution in [0.2, 0.25) is 0 Å². The second-order valence-corrected chi connectivity index (χ2v) is 8.78. The first-order chi connectivity index (χ1) is 14.8. The van der Waals surface area contributed by atoms with E-state index in [9.17, 15) is 4.79 Å². The lowest BCUT2D eigenvalue weighted by Crippen LogP contribution is -2.27. The van der Waals surface area contributed by atoms with Gasteiger partial charge in [0.1, 0.15) is 28.1 Å². The van der Waals surface area contributed by atoms with Crippen LogP contribution in [0.1, 0.15) is 30.5 Å². The fourth-order valence-corrected chi connectivity index (χ4v) is 4.57. The minimum atomic E-state index is -0.706. The summed E-state index contributed by atoms with van der Waals surface area (Å²) in [5, 5.41) is 11.7. The van der Waals surface area contributed by atoms with Crippen LogP contribution in [0, 0.1) is 6.92 Å². The van der Waals surface area contributed by atoms with E-state index in [0.717, 1.165) is 16.8 Å². The predicted octanol–water partition coefficient (Wildman–Crippen LogP) is 4.34. The Labute approximate surface area is 186 Å². The average molecular weight is 479 g/mol. The highest BCUT2D eigenvalue weighted by Gasteiger charge is 2.42. The minimum absolute atomic E-state index is 0.108. The number of fused-ring (bicyclic) bond motifs is 1. The topological polar surface area (TPSA) is 98.7 Å². The molecule has 4 aromatic rings. The van der Waals surface area contributed by atoms with Gasteiger partial charge in [-0.2, -0.15) is 5.10 Å². The molecule has 9 heteroatoms. The Bertz CT molecular complexity index is 1310. The van der Waals surface area contributed by atoms with Crippen LogP contribution >= 0.6 is 15.9 Å². The maximum absolute atomic E-state index is 12.4. The summed E-state index contributed by atoms with van der Waals surface area (Å²) in [6, 6.07) is 11.8. The number of amides is 1. The fourth-order valence-electron chi connectivity index (χ4n) is 3.72. The summed E-state index contributed by atoms with van der Waals surface area (Å²) >= 11 is 3.52. The molecule has 1 aromatic carbocycles. The molecule has 1 N–H and O–H groups in total. The average Bonchev–Trinajstić information content (AvgIpc) is 3.43. The summed E-state index contributed by atoms with van der Waals surface area (Å²) in [7, 11) is 0. The molecule has 1 aliphatic heterocycles. The van der Waals surface area contributed by atoms with Crippen LogP contribution < -0.4 is 5.32 Å². The summed E-state index contributed by atoms with van der Waals surface area (Å²) in [6.45, 7) is 6.33. The van der Waals surface area contributed by atoms with Crippen LogP contribution in [0.5, 0.6) is 0 Å². The molecule has 0 saturated carbocycles. The van der Waals surface area contributed by atoms with Crippen LogP contribution in [0.4, 0.5) is 5.82 Å². The zero-order valence-electron chi connectivity index (χ0n) is 17.2. The van der Waals surface area contributed by atoms with Crippen molar-refractivity contribution in [2.75, 3.05) is 5.32 Å². The molecule has 1 amide bonds. The van der Waals surface area contributed by atoms with Gasteiger partial charge in [0.05, 0.1) is 17.7 Å². The highest BCUT2D eigenvalue weighted by atomic mass is 79.9. The fraction of sp³-hybridized carbons (Fsp3) is 0.227. The Balaban J connectivity index is 1.62. The van der Waals surface area contributed by atoms with Crippen LogP contribution in [0.25, 0.3) is 22.9 Å². The van der Waals surface area contributed by atoms with E-state index in [0.29, 0.717) is 34.2 Å². The van der Waals surface area contributed by atoms with Gasteiger partial charge in [-0.25, -0.2) is 9.97 Å². The number of nitrogens with zero attached hydrogens (tertiary/aromatic N) is 5. The number of benzene rings is 1. The van der Waals surface area contributed by atoms with Gasteiger partial charge in [0, 0.05) is 11.6 Å². The van der Waals surface area contributed by atoms with E-state index in [1.54, 1.807) is 6.07 Å². The van der Waals surface area contributed by atoms with Crippen molar-refractivity contribution in [1.29, 1.82) is 0 Å². The molecule has 31 heavy (non-hydrogen) atoms. The van der Waals surface area contributed by atoms with Gasteiger partial charge in [0.2, 0.25) is 5.91 Å². The van der Waals surface area contributed by atoms with Crippen molar-refractivity contribution in [2.45, 2.75) is 32.7 Å². The number of aromatic nitrogens is 5. The standard InChI is InChI=1S/C22H19BrN6O2/c1-12-6-4-5-7-13(12)11-29-16(14-8-9-31-28-14)10-15(27-29)19-24-18(23)17-20(25-19)26-21(30)22(17,2)3/h4-10H,11H2,1-3H3,(H,24,25,26,30). The van der Waals surface area contributed by atoms with Gasteiger partial charge in [-0.1, -0.05) is 29.4 Å². The van der Waals surface area contributed by atoms with Crippen molar-refractivity contribution in [2.24, 2.45) is 0 Å². The maximum atomic E-state index is 12.4. The number of anilines is 1. The third-order valence-corrected chi connectivity index (χ3v) is 6.15. The molecule has 0 radical (unpaired) electrons. The number of nitrogens with one attached hydrogen (secondary N) is 1. The molecule has 5 rings (SSSR count). The summed E-state index contributed by atoms with van der Waals surface area (Å²) < 4.78 is 7.49. The van der Waals surface area contributed by atoms with Gasteiger partial charge in [-0.3, -0.25) is 9.48 Å². The number of carbonyl (C=O) groups is 1. The Morgan fingerprint density at radius 1 is 1.16 bits per heavy atom. The van der Waals surface area contributed by atoms with Gasteiger partial charge in [-0.15, -0.1) is 0 Å². The summed E-state index contributed by atoms with van der Waals surface area (Å²) in [5.74, 6) is 0.809. The Hall–Kier alpha value is -3.33. The molecule has 4 heterocycles. The van der Waals surface area contributed by atoms with Crippen molar-refractivity contribution >= 4 is 27.7 Å². The van der Waals surface area contributed by atoms with E-state index in [2.05, 4.69) is 55.4 Å². The second-order valence-electron chi connectivity index (χ2n) is 8.02. The van der Waals surface area contributed by atoms with E-state index >= 15 is 0 Å². The molecule has 1 aliphatic rings. The summed E-state index contributed by atoms with van der Waals surface area (Å²) in [6.07, 6.45) is 1.53. The second kappa shape index (κ2) is 7.12. The van der Waals surface area contributed by atoms with Crippen molar-refractivity contribution in [1.82, 2.24) is 24.9 Å². The lowest BCUT2D eigenvalue weighted by atomic mass is 9.88. The largest absolute Gasteiger partial charge is 0.364 e. The Morgan fingerprint density at radius 2 is 1.97 bits per heavy atom. The van der Waals surface area contributed by atoms with Gasteiger partial charge < -0.3 is 9.84 Å². The molecule has 0 unspecified atom stereocenters. The molecular formula is C22H19BrN6O2. The molecule has 8 nitrogen and oxygen atoms in total. The van der Waals surface area contributed by atoms with E-state index in [1.807, 2.05) is 36.7 Å². The number of halogens is 1. The molecule has 0 atom stereocenters. The van der Waals surface area contributed by atoms with Gasteiger partial charge in [-0.05, 0) is 53.9 Å². The minimum Gasteiger partial charge on any atom is -0.364 e. The van der Waals surface area contributed by atoms with Crippen LogP contribution in [0.3, 0.4) is 0 Å². The predicted molar refractivity (Wildman–Crippen MR) is 118 cm³/mol. The maximum Gasteiger partial charge on any atom is 0.235 e. The van der Waals surface area contributed by atoms with Crippen molar-refractivity contribution in [3.63, 3.8) is 0 Å². The van der Waals surface area contributed by atoms with Gasteiger partial charge in [0.15, 0.2) is 5.82 Å². The molecule has 3 aromatic heterocycles.